The normalized spacial score (nSPS) is 10.1. The van der Waals surface area contributed by atoms with Crippen molar-refractivity contribution in [3.63, 3.8) is 0 Å². The molecule has 0 saturated heterocycles. The predicted octanol–water partition coefficient (Wildman–Crippen LogP) is 3.20. The Kier molecular flexibility index (Phi) is 2.98. The molecule has 0 spiro atoms. The van der Waals surface area contributed by atoms with E-state index >= 15 is 0 Å². The molecule has 2 rings (SSSR count). The SMILES string of the molecule is C=CCCc1nc(-c2ccccc2)c[nH]1. The number of hydrogen-bond acceptors (Lipinski definition) is 1. The summed E-state index contributed by atoms with van der Waals surface area (Å²) in [4.78, 5) is 7.69. The summed E-state index contributed by atoms with van der Waals surface area (Å²) in [5, 5.41) is 0. The highest BCUT2D eigenvalue weighted by Gasteiger charge is 2.01. The third-order valence-electron chi connectivity index (χ3n) is 2.29. The van der Waals surface area contributed by atoms with Gasteiger partial charge in [0, 0.05) is 18.2 Å². The molecule has 1 aromatic heterocycles. The second kappa shape index (κ2) is 4.60. The number of aryl methyl sites for hydroxylation is 1. The number of hydrogen-bond donors (Lipinski definition) is 1. The molecule has 1 N–H and O–H groups in total. The summed E-state index contributed by atoms with van der Waals surface area (Å²) < 4.78 is 0. The van der Waals surface area contributed by atoms with Crippen molar-refractivity contribution >= 4 is 0 Å². The number of allylic oxidation sites excluding steroid dienone is 1. The van der Waals surface area contributed by atoms with Gasteiger partial charge in [-0.05, 0) is 6.42 Å². The van der Waals surface area contributed by atoms with Gasteiger partial charge in [-0.1, -0.05) is 36.4 Å². The lowest BCUT2D eigenvalue weighted by molar-refractivity contribution is 0.912. The summed E-state index contributed by atoms with van der Waals surface area (Å²) in [7, 11) is 0. The van der Waals surface area contributed by atoms with Gasteiger partial charge in [-0.25, -0.2) is 4.98 Å². The lowest BCUT2D eigenvalue weighted by Gasteiger charge is -1.93. The third kappa shape index (κ3) is 2.34. The monoisotopic (exact) mass is 198 g/mol. The van der Waals surface area contributed by atoms with Crippen LogP contribution in [-0.4, -0.2) is 9.97 Å². The van der Waals surface area contributed by atoms with Crippen LogP contribution in [-0.2, 0) is 6.42 Å². The fourth-order valence-corrected chi connectivity index (χ4v) is 1.49. The number of benzene rings is 1. The first-order valence-corrected chi connectivity index (χ1v) is 5.11. The van der Waals surface area contributed by atoms with E-state index in [2.05, 4.69) is 28.7 Å². The number of nitrogens with one attached hydrogen (secondary N) is 1. The van der Waals surface area contributed by atoms with Gasteiger partial charge in [0.05, 0.1) is 5.69 Å². The molecule has 2 aromatic rings. The molecule has 1 heterocycles. The minimum atomic E-state index is 0.927. The first kappa shape index (κ1) is 9.71. The second-order valence-corrected chi connectivity index (χ2v) is 3.43. The standard InChI is InChI=1S/C13H14N2/c1-2-3-9-13-14-10-12(15-13)11-7-5-4-6-8-11/h2,4-8,10H,1,3,9H2,(H,14,15). The molecule has 0 unspecified atom stereocenters. The van der Waals surface area contributed by atoms with E-state index in [1.54, 1.807) is 0 Å². The maximum absolute atomic E-state index is 4.51. The van der Waals surface area contributed by atoms with Crippen molar-refractivity contribution in [3.05, 3.63) is 55.0 Å². The van der Waals surface area contributed by atoms with Crippen LogP contribution in [0.25, 0.3) is 11.3 Å². The van der Waals surface area contributed by atoms with E-state index in [9.17, 15) is 0 Å². The van der Waals surface area contributed by atoms with Crippen molar-refractivity contribution in [1.29, 1.82) is 0 Å². The van der Waals surface area contributed by atoms with Crippen molar-refractivity contribution in [2.24, 2.45) is 0 Å². The zero-order valence-electron chi connectivity index (χ0n) is 8.61. The van der Waals surface area contributed by atoms with Crippen molar-refractivity contribution in [3.8, 4) is 11.3 Å². The highest BCUT2D eigenvalue weighted by molar-refractivity contribution is 5.57. The zero-order valence-corrected chi connectivity index (χ0v) is 8.61. The number of aromatic nitrogens is 2. The van der Waals surface area contributed by atoms with Gasteiger partial charge in [0.2, 0.25) is 0 Å². The molecular weight excluding hydrogens is 184 g/mol. The van der Waals surface area contributed by atoms with Gasteiger partial charge in [0.15, 0.2) is 0 Å². The van der Waals surface area contributed by atoms with Gasteiger partial charge in [-0.2, -0.15) is 0 Å². The molecule has 0 fully saturated rings. The fourth-order valence-electron chi connectivity index (χ4n) is 1.49. The van der Waals surface area contributed by atoms with Crippen LogP contribution in [0.5, 0.6) is 0 Å². The summed E-state index contributed by atoms with van der Waals surface area (Å²) >= 11 is 0. The average molecular weight is 198 g/mol. The van der Waals surface area contributed by atoms with Crippen LogP contribution in [0.2, 0.25) is 0 Å². The summed E-state index contributed by atoms with van der Waals surface area (Å²) in [6, 6.07) is 10.2. The molecule has 0 aliphatic carbocycles. The molecule has 15 heavy (non-hydrogen) atoms. The molecule has 0 atom stereocenters. The van der Waals surface area contributed by atoms with Crippen LogP contribution in [0.3, 0.4) is 0 Å². The Bertz CT molecular complexity index is 429. The average Bonchev–Trinajstić information content (AvgIpc) is 2.76. The molecule has 0 bridgehead atoms. The van der Waals surface area contributed by atoms with Gasteiger partial charge >= 0.3 is 0 Å². The summed E-state index contributed by atoms with van der Waals surface area (Å²) in [5.74, 6) is 1.02. The van der Waals surface area contributed by atoms with E-state index < -0.39 is 0 Å². The van der Waals surface area contributed by atoms with Crippen LogP contribution in [0.15, 0.2) is 49.2 Å². The van der Waals surface area contributed by atoms with Gasteiger partial charge in [0.1, 0.15) is 5.82 Å². The van der Waals surface area contributed by atoms with Crippen LogP contribution in [0, 0.1) is 0 Å². The molecule has 0 amide bonds. The van der Waals surface area contributed by atoms with E-state index in [-0.39, 0.29) is 0 Å². The van der Waals surface area contributed by atoms with Crippen LogP contribution >= 0.6 is 0 Å². The maximum atomic E-state index is 4.51. The first-order valence-electron chi connectivity index (χ1n) is 5.11. The number of imidazole rings is 1. The molecule has 0 saturated carbocycles. The number of nitrogens with zero attached hydrogens (tertiary/aromatic N) is 1. The zero-order chi connectivity index (χ0) is 10.5. The molecule has 0 aliphatic heterocycles. The van der Waals surface area contributed by atoms with Crippen LogP contribution in [0.1, 0.15) is 12.2 Å². The van der Waals surface area contributed by atoms with Gasteiger partial charge in [-0.3, -0.25) is 0 Å². The Balaban J connectivity index is 2.17. The van der Waals surface area contributed by atoms with Crippen LogP contribution in [0.4, 0.5) is 0 Å². The highest BCUT2D eigenvalue weighted by atomic mass is 14.9. The molecular formula is C13H14N2. The molecule has 2 nitrogen and oxygen atoms in total. The van der Waals surface area contributed by atoms with Crippen molar-refractivity contribution in [2.45, 2.75) is 12.8 Å². The lowest BCUT2D eigenvalue weighted by Crippen LogP contribution is -1.85. The van der Waals surface area contributed by atoms with Gasteiger partial charge in [0.25, 0.3) is 0 Å². The summed E-state index contributed by atoms with van der Waals surface area (Å²) in [6.45, 7) is 3.70. The minimum absolute atomic E-state index is 0.927. The largest absolute Gasteiger partial charge is 0.348 e. The Hall–Kier alpha value is -1.83. The topological polar surface area (TPSA) is 28.7 Å². The van der Waals surface area contributed by atoms with Crippen molar-refractivity contribution in [1.82, 2.24) is 9.97 Å². The molecule has 76 valence electrons. The number of aromatic amines is 1. The van der Waals surface area contributed by atoms with E-state index in [1.807, 2.05) is 30.5 Å². The van der Waals surface area contributed by atoms with E-state index in [0.717, 1.165) is 29.9 Å². The van der Waals surface area contributed by atoms with E-state index in [4.69, 9.17) is 0 Å². The summed E-state index contributed by atoms with van der Waals surface area (Å²) in [5.41, 5.74) is 2.16. The second-order valence-electron chi connectivity index (χ2n) is 3.43. The van der Waals surface area contributed by atoms with Gasteiger partial charge in [-0.15, -0.1) is 6.58 Å². The molecule has 0 aliphatic rings. The molecule has 2 heteroatoms. The third-order valence-corrected chi connectivity index (χ3v) is 2.29. The lowest BCUT2D eigenvalue weighted by atomic mass is 10.2. The Morgan fingerprint density at radius 2 is 2.07 bits per heavy atom. The quantitative estimate of drug-likeness (QED) is 0.751. The van der Waals surface area contributed by atoms with E-state index in [0.29, 0.717) is 0 Å². The van der Waals surface area contributed by atoms with Crippen molar-refractivity contribution in [2.75, 3.05) is 0 Å². The van der Waals surface area contributed by atoms with Crippen LogP contribution < -0.4 is 0 Å². The summed E-state index contributed by atoms with van der Waals surface area (Å²) in [6.07, 6.45) is 5.75. The Labute approximate surface area is 89.7 Å². The molecule has 1 aromatic carbocycles. The first-order chi connectivity index (χ1) is 7.40. The predicted molar refractivity (Wildman–Crippen MR) is 62.5 cm³/mol. The van der Waals surface area contributed by atoms with E-state index in [1.165, 1.54) is 0 Å². The minimum Gasteiger partial charge on any atom is -0.348 e. The highest BCUT2D eigenvalue weighted by Crippen LogP contribution is 2.16. The number of H-pyrrole nitrogens is 1. The van der Waals surface area contributed by atoms with Gasteiger partial charge < -0.3 is 4.98 Å². The van der Waals surface area contributed by atoms with Crippen molar-refractivity contribution < 1.29 is 0 Å². The fraction of sp³-hybridized carbons (Fsp3) is 0.154. The maximum Gasteiger partial charge on any atom is 0.107 e. The Morgan fingerprint density at radius 1 is 1.27 bits per heavy atom. The smallest absolute Gasteiger partial charge is 0.107 e. The molecule has 0 radical (unpaired) electrons. The number of rotatable bonds is 4. The Morgan fingerprint density at radius 3 is 2.80 bits per heavy atom.